The number of hydrogen-bond donors (Lipinski definition) is 1. The van der Waals surface area contributed by atoms with E-state index in [0.717, 1.165) is 13.2 Å². The van der Waals surface area contributed by atoms with Gasteiger partial charge in [-0.25, -0.2) is 0 Å². The highest BCUT2D eigenvalue weighted by Gasteiger charge is 2.23. The number of ether oxygens (including phenoxy) is 1. The lowest BCUT2D eigenvalue weighted by Gasteiger charge is -2.31. The van der Waals surface area contributed by atoms with Gasteiger partial charge in [0.15, 0.2) is 0 Å². The van der Waals surface area contributed by atoms with Gasteiger partial charge in [-0.15, -0.1) is 0 Å². The number of rotatable bonds is 3. The molecule has 0 aliphatic carbocycles. The third-order valence-corrected chi connectivity index (χ3v) is 3.80. The quantitative estimate of drug-likeness (QED) is 0.704. The maximum atomic E-state index is 5.42. The molecule has 1 saturated heterocycles. The van der Waals surface area contributed by atoms with Crippen LogP contribution in [0, 0.1) is 5.92 Å². The van der Waals surface area contributed by atoms with Crippen LogP contribution >= 0.6 is 0 Å². The Morgan fingerprint density at radius 3 is 2.62 bits per heavy atom. The molecule has 0 aromatic carbocycles. The minimum atomic E-state index is -0.923. The van der Waals surface area contributed by atoms with Crippen molar-refractivity contribution in [1.82, 2.24) is 5.32 Å². The molecule has 0 aromatic heterocycles. The molecule has 0 aromatic rings. The summed E-state index contributed by atoms with van der Waals surface area (Å²) in [6.07, 6.45) is 2.42. The van der Waals surface area contributed by atoms with Gasteiger partial charge in [0.1, 0.15) is 0 Å². The molecule has 1 N–H and O–H groups in total. The summed E-state index contributed by atoms with van der Waals surface area (Å²) >= 11 is 0. The summed E-state index contributed by atoms with van der Waals surface area (Å²) < 4.78 is 5.42. The van der Waals surface area contributed by atoms with Crippen molar-refractivity contribution in [3.63, 3.8) is 0 Å². The molecule has 3 heteroatoms. The molecule has 0 spiro atoms. The molecule has 0 amide bonds. The van der Waals surface area contributed by atoms with E-state index in [4.69, 9.17) is 4.74 Å². The Morgan fingerprint density at radius 1 is 1.38 bits per heavy atom. The molecule has 2 atom stereocenters. The normalized spacial score (nSPS) is 30.5. The molecule has 1 aliphatic heterocycles. The molecule has 2 nitrogen and oxygen atoms in total. The van der Waals surface area contributed by atoms with Gasteiger partial charge in [0.25, 0.3) is 0 Å². The summed E-state index contributed by atoms with van der Waals surface area (Å²) in [6.45, 7) is 11.4. The molecule has 78 valence electrons. The zero-order valence-electron chi connectivity index (χ0n) is 9.39. The van der Waals surface area contributed by atoms with Crippen molar-refractivity contribution in [2.45, 2.75) is 39.0 Å². The Labute approximate surface area is 83.1 Å². The predicted octanol–water partition coefficient (Wildman–Crippen LogP) is 1.88. The minimum absolute atomic E-state index is 0.685. The highest BCUT2D eigenvalue weighted by molar-refractivity contribution is 6.76. The Morgan fingerprint density at radius 2 is 2.08 bits per heavy atom. The maximum Gasteiger partial charge on any atom is 0.0596 e. The first-order valence-electron chi connectivity index (χ1n) is 5.30. The first kappa shape index (κ1) is 11.2. The maximum absolute atomic E-state index is 5.42. The van der Waals surface area contributed by atoms with E-state index in [-0.39, 0.29) is 0 Å². The molecule has 1 rings (SSSR count). The number of nitrogens with one attached hydrogen (secondary N) is 1. The SMILES string of the molecule is CC1COCCC1NC[Si](C)(C)C. The van der Waals surface area contributed by atoms with Gasteiger partial charge in [-0.1, -0.05) is 26.6 Å². The molecule has 0 saturated carbocycles. The van der Waals surface area contributed by atoms with Crippen LogP contribution in [-0.4, -0.2) is 33.5 Å². The van der Waals surface area contributed by atoms with Crippen molar-refractivity contribution in [2.24, 2.45) is 5.92 Å². The molecule has 0 bridgehead atoms. The van der Waals surface area contributed by atoms with E-state index in [1.165, 1.54) is 12.6 Å². The van der Waals surface area contributed by atoms with E-state index < -0.39 is 8.07 Å². The number of hydrogen-bond acceptors (Lipinski definition) is 2. The Balaban J connectivity index is 2.27. The molecule has 1 aliphatic rings. The molecular formula is C10H23NOSi. The van der Waals surface area contributed by atoms with Crippen LogP contribution in [-0.2, 0) is 4.74 Å². The summed E-state index contributed by atoms with van der Waals surface area (Å²) in [5, 5.41) is 3.69. The first-order chi connectivity index (χ1) is 5.99. The van der Waals surface area contributed by atoms with Crippen LogP contribution in [0.3, 0.4) is 0 Å². The summed E-state index contributed by atoms with van der Waals surface area (Å²) in [4.78, 5) is 0. The topological polar surface area (TPSA) is 21.3 Å². The largest absolute Gasteiger partial charge is 0.381 e. The van der Waals surface area contributed by atoms with Gasteiger partial charge < -0.3 is 10.1 Å². The zero-order chi connectivity index (χ0) is 9.90. The third-order valence-electron chi connectivity index (χ3n) is 2.54. The van der Waals surface area contributed by atoms with Crippen molar-refractivity contribution in [3.05, 3.63) is 0 Å². The molecule has 1 fully saturated rings. The highest BCUT2D eigenvalue weighted by Crippen LogP contribution is 2.14. The van der Waals surface area contributed by atoms with Crippen molar-refractivity contribution in [1.29, 1.82) is 0 Å². The van der Waals surface area contributed by atoms with E-state index in [9.17, 15) is 0 Å². The fourth-order valence-corrected chi connectivity index (χ4v) is 2.50. The van der Waals surface area contributed by atoms with E-state index >= 15 is 0 Å². The van der Waals surface area contributed by atoms with E-state index in [0.29, 0.717) is 12.0 Å². The highest BCUT2D eigenvalue weighted by atomic mass is 28.3. The van der Waals surface area contributed by atoms with Crippen LogP contribution in [0.4, 0.5) is 0 Å². The lowest BCUT2D eigenvalue weighted by atomic mass is 9.98. The second kappa shape index (κ2) is 4.58. The predicted molar refractivity (Wildman–Crippen MR) is 59.7 cm³/mol. The second-order valence-corrected chi connectivity index (χ2v) is 10.9. The van der Waals surface area contributed by atoms with E-state index in [1.54, 1.807) is 0 Å². The van der Waals surface area contributed by atoms with Gasteiger partial charge in [-0.05, 0) is 18.5 Å². The summed E-state index contributed by atoms with van der Waals surface area (Å²) in [5.41, 5.74) is 0. The van der Waals surface area contributed by atoms with Crippen LogP contribution in [0.5, 0.6) is 0 Å². The van der Waals surface area contributed by atoms with Crippen LogP contribution in [0.15, 0.2) is 0 Å². The van der Waals surface area contributed by atoms with Crippen molar-refractivity contribution in [2.75, 3.05) is 19.4 Å². The van der Waals surface area contributed by atoms with Gasteiger partial charge in [0.2, 0.25) is 0 Å². The van der Waals surface area contributed by atoms with Crippen molar-refractivity contribution >= 4 is 8.07 Å². The molecular weight excluding hydrogens is 178 g/mol. The average molecular weight is 201 g/mol. The van der Waals surface area contributed by atoms with Gasteiger partial charge in [-0.2, -0.15) is 0 Å². The Bertz CT molecular complexity index is 155. The van der Waals surface area contributed by atoms with Gasteiger partial charge in [-0.3, -0.25) is 0 Å². The molecule has 1 heterocycles. The Kier molecular flexibility index (Phi) is 3.95. The van der Waals surface area contributed by atoms with Crippen LogP contribution in [0.1, 0.15) is 13.3 Å². The molecule has 2 unspecified atom stereocenters. The van der Waals surface area contributed by atoms with E-state index in [1.807, 2.05) is 0 Å². The van der Waals surface area contributed by atoms with Gasteiger partial charge in [0, 0.05) is 12.6 Å². The smallest absolute Gasteiger partial charge is 0.0596 e. The van der Waals surface area contributed by atoms with Crippen LogP contribution in [0.2, 0.25) is 19.6 Å². The Hall–Kier alpha value is 0.137. The van der Waals surface area contributed by atoms with Gasteiger partial charge >= 0.3 is 0 Å². The minimum Gasteiger partial charge on any atom is -0.381 e. The standard InChI is InChI=1S/C10H23NOSi/c1-9-7-12-6-5-10(9)11-8-13(2,3)4/h9-11H,5-8H2,1-4H3. The van der Waals surface area contributed by atoms with Crippen LogP contribution < -0.4 is 5.32 Å². The fourth-order valence-electron chi connectivity index (χ4n) is 1.62. The lowest BCUT2D eigenvalue weighted by molar-refractivity contribution is 0.0404. The van der Waals surface area contributed by atoms with Crippen molar-refractivity contribution in [3.8, 4) is 0 Å². The zero-order valence-corrected chi connectivity index (χ0v) is 10.4. The van der Waals surface area contributed by atoms with Crippen LogP contribution in [0.25, 0.3) is 0 Å². The molecule has 13 heavy (non-hydrogen) atoms. The summed E-state index contributed by atoms with van der Waals surface area (Å²) in [6, 6.07) is 0.695. The average Bonchev–Trinajstić information content (AvgIpc) is 2.01. The first-order valence-corrected chi connectivity index (χ1v) is 9.01. The monoisotopic (exact) mass is 201 g/mol. The summed E-state index contributed by atoms with van der Waals surface area (Å²) in [7, 11) is -0.923. The molecule has 0 radical (unpaired) electrons. The third kappa shape index (κ3) is 4.25. The van der Waals surface area contributed by atoms with Crippen molar-refractivity contribution < 1.29 is 4.74 Å². The fraction of sp³-hybridized carbons (Fsp3) is 1.00. The van der Waals surface area contributed by atoms with E-state index in [2.05, 4.69) is 31.9 Å². The second-order valence-electron chi connectivity index (χ2n) is 5.39. The lowest BCUT2D eigenvalue weighted by Crippen LogP contribution is -2.47. The summed E-state index contributed by atoms with van der Waals surface area (Å²) in [5.74, 6) is 0.685. The van der Waals surface area contributed by atoms with Gasteiger partial charge in [0.05, 0.1) is 14.7 Å².